The Morgan fingerprint density at radius 3 is 2.46 bits per heavy atom. The molecule has 8 rings (SSSR count). The first-order chi connectivity index (χ1) is 27.5. The number of rotatable bonds is 13. The van der Waals surface area contributed by atoms with Crippen LogP contribution < -0.4 is 19.1 Å². The highest BCUT2D eigenvalue weighted by atomic mass is 19.1. The summed E-state index contributed by atoms with van der Waals surface area (Å²) in [7, 11) is 3.04. The van der Waals surface area contributed by atoms with Gasteiger partial charge in [0.15, 0.2) is 12.5 Å². The van der Waals surface area contributed by atoms with Crippen molar-refractivity contribution in [2.75, 3.05) is 52.2 Å². The van der Waals surface area contributed by atoms with Crippen molar-refractivity contribution in [2.45, 2.75) is 89.4 Å². The van der Waals surface area contributed by atoms with Crippen LogP contribution in [0.5, 0.6) is 17.5 Å². The van der Waals surface area contributed by atoms with E-state index in [1.54, 1.807) is 25.7 Å². The number of anilines is 1. The molecule has 4 fully saturated rings. The van der Waals surface area contributed by atoms with Crippen LogP contribution in [0.15, 0.2) is 42.5 Å². The molecule has 3 aliphatic heterocycles. The second kappa shape index (κ2) is 16.0. The van der Waals surface area contributed by atoms with Gasteiger partial charge in [0.1, 0.15) is 35.6 Å². The molecule has 3 aromatic carbocycles. The number of piperazine rings is 1. The first-order valence-electron chi connectivity index (χ1n) is 19.6. The molecule has 3 saturated heterocycles. The molecule has 300 valence electrons. The van der Waals surface area contributed by atoms with E-state index in [1.807, 2.05) is 30.3 Å². The van der Waals surface area contributed by atoms with Gasteiger partial charge in [0.25, 0.3) is 0 Å². The van der Waals surface area contributed by atoms with Crippen LogP contribution in [0.1, 0.15) is 74.1 Å². The Morgan fingerprint density at radius 2 is 1.79 bits per heavy atom. The SMILES string of the molecule is C#Cc1ccc(COc2c(-c3cc(OCOC)cc(F)c3C)c(C3CC3)cc3c(N4C[C@@H]5C[C@H]4CN5C(=O)OC(C)(C)OC)nc(OC4CCOCC4)nc23)cc1. The number of halogens is 1. The smallest absolute Gasteiger partial charge is 0.412 e. The number of carbonyl (C=O) groups is 1. The highest BCUT2D eigenvalue weighted by Gasteiger charge is 2.48. The number of hydrogen-bond acceptors (Lipinski definition) is 11. The van der Waals surface area contributed by atoms with E-state index in [0.717, 1.165) is 46.9 Å². The molecule has 12 nitrogen and oxygen atoms in total. The number of hydrogen-bond donors (Lipinski definition) is 0. The molecule has 4 heterocycles. The number of aromatic nitrogens is 2. The van der Waals surface area contributed by atoms with Crippen molar-refractivity contribution >= 4 is 22.8 Å². The molecule has 2 atom stereocenters. The van der Waals surface area contributed by atoms with Crippen LogP contribution in [0, 0.1) is 25.1 Å². The number of methoxy groups -OCH3 is 2. The lowest BCUT2D eigenvalue weighted by atomic mass is 9.90. The molecule has 2 bridgehead atoms. The molecule has 0 spiro atoms. The zero-order valence-corrected chi connectivity index (χ0v) is 33.1. The highest BCUT2D eigenvalue weighted by Crippen LogP contribution is 2.53. The predicted octanol–water partition coefficient (Wildman–Crippen LogP) is 7.50. The minimum absolute atomic E-state index is 0.0312. The van der Waals surface area contributed by atoms with Gasteiger partial charge in [0.2, 0.25) is 5.79 Å². The normalized spacial score (nSPS) is 19.5. The average molecular weight is 781 g/mol. The number of terminal acetylenes is 1. The third kappa shape index (κ3) is 8.04. The molecular formula is C44H49FN4O8. The molecule has 4 aliphatic rings. The first kappa shape index (κ1) is 38.7. The van der Waals surface area contributed by atoms with E-state index in [1.165, 1.54) is 20.3 Å². The van der Waals surface area contributed by atoms with Crippen molar-refractivity contribution in [1.29, 1.82) is 0 Å². The fraction of sp³-hybridized carbons (Fsp3) is 0.477. The molecule has 0 radical (unpaired) electrons. The van der Waals surface area contributed by atoms with E-state index in [9.17, 15) is 4.79 Å². The second-order valence-corrected chi connectivity index (χ2v) is 15.7. The van der Waals surface area contributed by atoms with E-state index in [0.29, 0.717) is 73.1 Å². The Labute approximate surface area is 332 Å². The molecular weight excluding hydrogens is 732 g/mol. The van der Waals surface area contributed by atoms with Crippen LogP contribution in [0.3, 0.4) is 0 Å². The third-order valence-corrected chi connectivity index (χ3v) is 11.4. The number of likely N-dealkylation sites (tertiary alicyclic amines) is 1. The molecule has 57 heavy (non-hydrogen) atoms. The lowest BCUT2D eigenvalue weighted by molar-refractivity contribution is -0.164. The lowest BCUT2D eigenvalue weighted by Gasteiger charge is -2.36. The number of amides is 1. The van der Waals surface area contributed by atoms with Gasteiger partial charge >= 0.3 is 12.1 Å². The van der Waals surface area contributed by atoms with Crippen molar-refractivity contribution in [3.05, 3.63) is 70.5 Å². The zero-order valence-electron chi connectivity index (χ0n) is 33.1. The summed E-state index contributed by atoms with van der Waals surface area (Å²) in [6, 6.07) is 13.1. The number of benzene rings is 3. The first-order valence-corrected chi connectivity index (χ1v) is 19.6. The molecule has 0 N–H and O–H groups in total. The van der Waals surface area contributed by atoms with Crippen molar-refractivity contribution < 1.29 is 42.3 Å². The zero-order chi connectivity index (χ0) is 39.8. The summed E-state index contributed by atoms with van der Waals surface area (Å²) in [5.41, 5.74) is 5.08. The Hall–Kier alpha value is -5.16. The van der Waals surface area contributed by atoms with E-state index in [4.69, 9.17) is 49.5 Å². The predicted molar refractivity (Wildman–Crippen MR) is 211 cm³/mol. The van der Waals surface area contributed by atoms with E-state index in [-0.39, 0.29) is 43.5 Å². The van der Waals surface area contributed by atoms with E-state index in [2.05, 4.69) is 16.9 Å². The quantitative estimate of drug-likeness (QED) is 0.0993. The van der Waals surface area contributed by atoms with Gasteiger partial charge in [-0.2, -0.15) is 9.97 Å². The summed E-state index contributed by atoms with van der Waals surface area (Å²) >= 11 is 0. The van der Waals surface area contributed by atoms with Crippen molar-refractivity contribution in [2.24, 2.45) is 0 Å². The fourth-order valence-electron chi connectivity index (χ4n) is 8.01. The van der Waals surface area contributed by atoms with Crippen LogP contribution in [0.25, 0.3) is 22.0 Å². The van der Waals surface area contributed by atoms with E-state index >= 15 is 4.39 Å². The van der Waals surface area contributed by atoms with Crippen molar-refractivity contribution in [1.82, 2.24) is 14.9 Å². The minimum Gasteiger partial charge on any atom is -0.486 e. The number of nitrogens with zero attached hydrogens (tertiary/aromatic N) is 4. The van der Waals surface area contributed by atoms with E-state index < -0.39 is 17.7 Å². The molecule has 1 aromatic heterocycles. The molecule has 1 amide bonds. The van der Waals surface area contributed by atoms with Gasteiger partial charge in [-0.3, -0.25) is 0 Å². The average Bonchev–Trinajstić information content (AvgIpc) is 3.86. The Kier molecular flexibility index (Phi) is 10.9. The Bertz CT molecular complexity index is 2180. The van der Waals surface area contributed by atoms with Crippen LogP contribution in [0.4, 0.5) is 15.0 Å². The van der Waals surface area contributed by atoms with Gasteiger partial charge in [-0.1, -0.05) is 18.1 Å². The van der Waals surface area contributed by atoms with Gasteiger partial charge in [-0.05, 0) is 78.6 Å². The van der Waals surface area contributed by atoms with Gasteiger partial charge in [0, 0.05) is 76.6 Å². The maximum absolute atomic E-state index is 15.9. The van der Waals surface area contributed by atoms with Gasteiger partial charge in [-0.25, -0.2) is 9.18 Å². The molecule has 13 heteroatoms. The molecule has 4 aromatic rings. The van der Waals surface area contributed by atoms with Crippen LogP contribution in [-0.4, -0.2) is 92.3 Å². The Morgan fingerprint density at radius 1 is 1.02 bits per heavy atom. The number of carbonyl (C=O) groups excluding carboxylic acids is 1. The summed E-state index contributed by atoms with van der Waals surface area (Å²) in [5, 5.41) is 0.796. The summed E-state index contributed by atoms with van der Waals surface area (Å²) in [6.45, 7) is 7.53. The largest absolute Gasteiger partial charge is 0.486 e. The summed E-state index contributed by atoms with van der Waals surface area (Å²) in [4.78, 5) is 27.7. The monoisotopic (exact) mass is 780 g/mol. The third-order valence-electron chi connectivity index (χ3n) is 11.4. The fourth-order valence-corrected chi connectivity index (χ4v) is 8.01. The lowest BCUT2D eigenvalue weighted by Crippen LogP contribution is -2.50. The van der Waals surface area contributed by atoms with Gasteiger partial charge in [-0.15, -0.1) is 6.42 Å². The summed E-state index contributed by atoms with van der Waals surface area (Å²) < 4.78 is 57.0. The van der Waals surface area contributed by atoms with Crippen molar-refractivity contribution in [3.8, 4) is 41.0 Å². The highest BCUT2D eigenvalue weighted by molar-refractivity contribution is 6.01. The van der Waals surface area contributed by atoms with Gasteiger partial charge in [0.05, 0.1) is 25.3 Å². The topological polar surface area (TPSA) is 114 Å². The summed E-state index contributed by atoms with van der Waals surface area (Å²) in [6.07, 6.45) is 9.21. The maximum atomic E-state index is 15.9. The molecule has 1 saturated carbocycles. The second-order valence-electron chi connectivity index (χ2n) is 15.7. The molecule has 1 aliphatic carbocycles. The Balaban J connectivity index is 1.29. The van der Waals surface area contributed by atoms with Crippen molar-refractivity contribution in [3.63, 3.8) is 0 Å². The molecule has 0 unspecified atom stereocenters. The number of fused-ring (bicyclic) bond motifs is 3. The number of ether oxygens (including phenoxy) is 7. The minimum atomic E-state index is -1.05. The summed E-state index contributed by atoms with van der Waals surface area (Å²) in [5.74, 6) is 2.96. The maximum Gasteiger partial charge on any atom is 0.412 e. The van der Waals surface area contributed by atoms with Gasteiger partial charge < -0.3 is 43.0 Å². The van der Waals surface area contributed by atoms with Crippen LogP contribution >= 0.6 is 0 Å². The standard InChI is InChI=1S/C44H49FN4O8/c1-7-27-8-10-28(11-9-27)24-54-40-38(34-19-33(55-25-51-5)20-37(45)26(34)2)35(29-12-13-29)21-36-39(40)46-42(56-32-14-16-53-17-15-32)47-41(36)48-22-31-18-30(48)23-49(31)43(50)57-44(3,4)52-6/h1,8-11,19-21,29-32H,12-18,22-25H2,2-6H3/t30-,31-/m0/s1. The van der Waals surface area contributed by atoms with Crippen LogP contribution in [0.2, 0.25) is 0 Å². The van der Waals surface area contributed by atoms with Crippen LogP contribution in [-0.2, 0) is 25.6 Å².